The maximum Gasteiger partial charge on any atom is 0.209 e. The predicted octanol–water partition coefficient (Wildman–Crippen LogP) is 2.69. The van der Waals surface area contributed by atoms with E-state index in [1.165, 1.54) is 0 Å². The minimum Gasteiger partial charge on any atom is -0.477 e. The molecule has 0 atom stereocenters. The van der Waals surface area contributed by atoms with Gasteiger partial charge in [0.15, 0.2) is 5.60 Å². The number of hydrogen-bond donors (Lipinski definition) is 0. The van der Waals surface area contributed by atoms with Crippen molar-refractivity contribution in [3.63, 3.8) is 0 Å². The summed E-state index contributed by atoms with van der Waals surface area (Å²) in [7, 11) is 0. The second-order valence-corrected chi connectivity index (χ2v) is 3.97. The summed E-state index contributed by atoms with van der Waals surface area (Å²) in [4.78, 5) is 11.7. The van der Waals surface area contributed by atoms with Crippen molar-refractivity contribution in [1.82, 2.24) is 0 Å². The van der Waals surface area contributed by atoms with E-state index in [-0.39, 0.29) is 5.78 Å². The summed E-state index contributed by atoms with van der Waals surface area (Å²) in [5.41, 5.74) is -0.189. The van der Waals surface area contributed by atoms with Gasteiger partial charge in [-0.25, -0.2) is 0 Å². The summed E-state index contributed by atoms with van der Waals surface area (Å²) in [5, 5.41) is 0.497. The molecule has 0 N–H and O–H groups in total. The van der Waals surface area contributed by atoms with Crippen LogP contribution in [0.1, 0.15) is 24.2 Å². The molecule has 13 heavy (non-hydrogen) atoms. The van der Waals surface area contributed by atoms with Crippen molar-refractivity contribution in [1.29, 1.82) is 0 Å². The van der Waals surface area contributed by atoms with E-state index in [2.05, 4.69) is 0 Å². The first kappa shape index (κ1) is 8.57. The molecule has 0 fully saturated rings. The van der Waals surface area contributed by atoms with Crippen LogP contribution < -0.4 is 4.74 Å². The minimum absolute atomic E-state index is 0.00926. The average molecular weight is 197 g/mol. The van der Waals surface area contributed by atoms with Crippen LogP contribution in [0.25, 0.3) is 0 Å². The fourth-order valence-corrected chi connectivity index (χ4v) is 1.63. The SMILES string of the molecule is CC1(C)Oc2c(Cl)cccc2C1=O. The summed E-state index contributed by atoms with van der Waals surface area (Å²) in [6.07, 6.45) is 0. The van der Waals surface area contributed by atoms with Crippen molar-refractivity contribution >= 4 is 17.4 Å². The molecule has 0 unspecified atom stereocenters. The predicted molar refractivity (Wildman–Crippen MR) is 50.5 cm³/mol. The lowest BCUT2D eigenvalue weighted by molar-refractivity contribution is 0.0684. The Labute approximate surface area is 81.5 Å². The van der Waals surface area contributed by atoms with Gasteiger partial charge >= 0.3 is 0 Å². The van der Waals surface area contributed by atoms with Gasteiger partial charge in [-0.1, -0.05) is 17.7 Å². The molecular formula is C10H9ClO2. The Balaban J connectivity index is 2.63. The number of carbonyl (C=O) groups is 1. The molecule has 2 rings (SSSR count). The van der Waals surface area contributed by atoms with Crippen LogP contribution >= 0.6 is 11.6 Å². The van der Waals surface area contributed by atoms with Crippen LogP contribution in [0.3, 0.4) is 0 Å². The molecule has 0 saturated carbocycles. The molecular weight excluding hydrogens is 188 g/mol. The number of para-hydroxylation sites is 1. The summed E-state index contributed by atoms with van der Waals surface area (Å²) < 4.78 is 5.46. The molecule has 1 heterocycles. The van der Waals surface area contributed by atoms with E-state index in [1.807, 2.05) is 0 Å². The molecule has 0 aromatic heterocycles. The summed E-state index contributed by atoms with van der Waals surface area (Å²) in [6, 6.07) is 5.21. The van der Waals surface area contributed by atoms with E-state index >= 15 is 0 Å². The van der Waals surface area contributed by atoms with E-state index in [4.69, 9.17) is 16.3 Å². The average Bonchev–Trinajstić information content (AvgIpc) is 2.28. The first-order valence-corrected chi connectivity index (χ1v) is 4.42. The van der Waals surface area contributed by atoms with Gasteiger partial charge in [-0.3, -0.25) is 4.79 Å². The molecule has 0 bridgehead atoms. The standard InChI is InChI=1S/C10H9ClO2/c1-10(2)9(12)6-4-3-5-7(11)8(6)13-10/h3-5H,1-2H3. The maximum absolute atomic E-state index is 11.7. The van der Waals surface area contributed by atoms with Gasteiger partial charge in [0.1, 0.15) is 5.75 Å². The number of rotatable bonds is 0. The molecule has 68 valence electrons. The first-order valence-electron chi connectivity index (χ1n) is 4.05. The second-order valence-electron chi connectivity index (χ2n) is 3.56. The van der Waals surface area contributed by atoms with Crippen molar-refractivity contribution in [2.75, 3.05) is 0 Å². The lowest BCUT2D eigenvalue weighted by Crippen LogP contribution is -2.31. The number of Topliss-reactive ketones (excluding diaryl/α,β-unsaturated/α-hetero) is 1. The Bertz CT molecular complexity index is 383. The Morgan fingerprint density at radius 1 is 1.38 bits per heavy atom. The van der Waals surface area contributed by atoms with E-state index < -0.39 is 5.60 Å². The third-order valence-electron chi connectivity index (χ3n) is 2.12. The van der Waals surface area contributed by atoms with Gasteiger partial charge in [-0.05, 0) is 26.0 Å². The lowest BCUT2D eigenvalue weighted by atomic mass is 10.0. The molecule has 2 nitrogen and oxygen atoms in total. The van der Waals surface area contributed by atoms with Gasteiger partial charge in [-0.2, -0.15) is 0 Å². The minimum atomic E-state index is -0.771. The van der Waals surface area contributed by atoms with E-state index in [0.29, 0.717) is 16.3 Å². The zero-order valence-electron chi connectivity index (χ0n) is 7.43. The van der Waals surface area contributed by atoms with E-state index in [1.54, 1.807) is 32.0 Å². The molecule has 1 aromatic carbocycles. The Morgan fingerprint density at radius 2 is 2.08 bits per heavy atom. The molecule has 1 aliphatic heterocycles. The van der Waals surface area contributed by atoms with Gasteiger partial charge in [0, 0.05) is 0 Å². The number of ether oxygens (including phenoxy) is 1. The number of ketones is 1. The van der Waals surface area contributed by atoms with Gasteiger partial charge in [-0.15, -0.1) is 0 Å². The number of fused-ring (bicyclic) bond motifs is 1. The van der Waals surface area contributed by atoms with Crippen LogP contribution in [0, 0.1) is 0 Å². The largest absolute Gasteiger partial charge is 0.477 e. The highest BCUT2D eigenvalue weighted by molar-refractivity contribution is 6.33. The summed E-state index contributed by atoms with van der Waals surface area (Å²) in [6.45, 7) is 3.48. The fraction of sp³-hybridized carbons (Fsp3) is 0.300. The van der Waals surface area contributed by atoms with Crippen molar-refractivity contribution in [2.45, 2.75) is 19.4 Å². The van der Waals surface area contributed by atoms with E-state index in [9.17, 15) is 4.79 Å². The number of carbonyl (C=O) groups excluding carboxylic acids is 1. The highest BCUT2D eigenvalue weighted by atomic mass is 35.5. The van der Waals surface area contributed by atoms with Crippen molar-refractivity contribution in [2.24, 2.45) is 0 Å². The quantitative estimate of drug-likeness (QED) is 0.638. The number of benzene rings is 1. The van der Waals surface area contributed by atoms with Gasteiger partial charge in [0.25, 0.3) is 0 Å². The Hall–Kier alpha value is -1.02. The molecule has 0 amide bonds. The normalized spacial score (nSPS) is 18.2. The van der Waals surface area contributed by atoms with Crippen LogP contribution in [-0.4, -0.2) is 11.4 Å². The summed E-state index contributed by atoms with van der Waals surface area (Å²) in [5.74, 6) is 0.504. The van der Waals surface area contributed by atoms with Gasteiger partial charge in [0.2, 0.25) is 5.78 Å². The molecule has 0 radical (unpaired) electrons. The summed E-state index contributed by atoms with van der Waals surface area (Å²) >= 11 is 5.89. The molecule has 1 aliphatic rings. The van der Waals surface area contributed by atoms with Crippen LogP contribution in [0.5, 0.6) is 5.75 Å². The van der Waals surface area contributed by atoms with Crippen molar-refractivity contribution in [3.8, 4) is 5.75 Å². The maximum atomic E-state index is 11.7. The van der Waals surface area contributed by atoms with Gasteiger partial charge in [0.05, 0.1) is 10.6 Å². The van der Waals surface area contributed by atoms with Crippen LogP contribution in [-0.2, 0) is 0 Å². The molecule has 3 heteroatoms. The van der Waals surface area contributed by atoms with Gasteiger partial charge < -0.3 is 4.74 Å². The third-order valence-corrected chi connectivity index (χ3v) is 2.41. The Morgan fingerprint density at radius 3 is 2.69 bits per heavy atom. The highest BCUT2D eigenvalue weighted by Gasteiger charge is 2.40. The lowest BCUT2D eigenvalue weighted by Gasteiger charge is -2.15. The molecule has 0 aliphatic carbocycles. The topological polar surface area (TPSA) is 26.3 Å². The Kier molecular flexibility index (Phi) is 1.64. The fourth-order valence-electron chi connectivity index (χ4n) is 1.42. The highest BCUT2D eigenvalue weighted by Crippen LogP contribution is 2.39. The zero-order chi connectivity index (χ0) is 9.64. The first-order chi connectivity index (χ1) is 6.02. The van der Waals surface area contributed by atoms with Crippen molar-refractivity contribution in [3.05, 3.63) is 28.8 Å². The number of hydrogen-bond acceptors (Lipinski definition) is 2. The molecule has 0 spiro atoms. The smallest absolute Gasteiger partial charge is 0.209 e. The van der Waals surface area contributed by atoms with E-state index in [0.717, 1.165) is 0 Å². The second kappa shape index (κ2) is 2.48. The monoisotopic (exact) mass is 196 g/mol. The zero-order valence-corrected chi connectivity index (χ0v) is 8.18. The number of halogens is 1. The van der Waals surface area contributed by atoms with Crippen molar-refractivity contribution < 1.29 is 9.53 Å². The molecule has 1 aromatic rings. The molecule has 0 saturated heterocycles. The van der Waals surface area contributed by atoms with Crippen LogP contribution in [0.15, 0.2) is 18.2 Å². The van der Waals surface area contributed by atoms with Crippen LogP contribution in [0.4, 0.5) is 0 Å². The van der Waals surface area contributed by atoms with Crippen LogP contribution in [0.2, 0.25) is 5.02 Å². The third kappa shape index (κ3) is 1.13.